The number of nitrogens with one attached hydrogen (secondary N) is 1. The average molecular weight is 364 g/mol. The predicted molar refractivity (Wildman–Crippen MR) is 100 cm³/mol. The Kier molecular flexibility index (Phi) is 3.46. The van der Waals surface area contributed by atoms with E-state index >= 15 is 0 Å². The molecule has 136 valence electrons. The van der Waals surface area contributed by atoms with Crippen molar-refractivity contribution in [3.05, 3.63) is 59.0 Å². The zero-order valence-corrected chi connectivity index (χ0v) is 14.6. The van der Waals surface area contributed by atoms with Gasteiger partial charge in [0.2, 0.25) is 5.95 Å². The van der Waals surface area contributed by atoms with Crippen molar-refractivity contribution in [1.29, 1.82) is 0 Å². The molecule has 0 saturated heterocycles. The van der Waals surface area contributed by atoms with E-state index in [4.69, 9.17) is 0 Å². The molecular weight excluding hydrogens is 347 g/mol. The molecule has 1 aliphatic carbocycles. The van der Waals surface area contributed by atoms with E-state index in [9.17, 15) is 9.18 Å². The van der Waals surface area contributed by atoms with Gasteiger partial charge >= 0.3 is 5.69 Å². The Balaban J connectivity index is 1.37. The van der Waals surface area contributed by atoms with Gasteiger partial charge in [-0.3, -0.25) is 9.13 Å². The smallest absolute Gasteiger partial charge is 0.330 e. The van der Waals surface area contributed by atoms with Gasteiger partial charge in [0, 0.05) is 36.8 Å². The number of anilines is 1. The number of pyridine rings is 1. The number of rotatable bonds is 3. The number of halogens is 1. The fourth-order valence-electron chi connectivity index (χ4n) is 3.68. The molecule has 0 amide bonds. The van der Waals surface area contributed by atoms with Gasteiger partial charge in [-0.25, -0.2) is 24.1 Å². The van der Waals surface area contributed by atoms with Crippen LogP contribution in [0.5, 0.6) is 0 Å². The normalized spacial score (nSPS) is 19.3. The van der Waals surface area contributed by atoms with Crippen LogP contribution in [-0.2, 0) is 7.05 Å². The number of fused-ring (bicyclic) bond motifs is 2. The van der Waals surface area contributed by atoms with Crippen molar-refractivity contribution in [1.82, 2.24) is 24.1 Å². The summed E-state index contributed by atoms with van der Waals surface area (Å²) in [5.41, 5.74) is 1.75. The van der Waals surface area contributed by atoms with E-state index in [2.05, 4.69) is 20.3 Å². The van der Waals surface area contributed by atoms with Crippen molar-refractivity contribution in [2.24, 2.45) is 7.05 Å². The van der Waals surface area contributed by atoms with Gasteiger partial charge in [0.15, 0.2) is 5.65 Å². The molecule has 0 spiro atoms. The number of benzene rings is 1. The molecule has 7 nitrogen and oxygen atoms in total. The van der Waals surface area contributed by atoms with Crippen LogP contribution in [-0.4, -0.2) is 30.1 Å². The van der Waals surface area contributed by atoms with Crippen molar-refractivity contribution in [2.45, 2.75) is 24.9 Å². The standard InChI is InChI=1S/C19H17FN6O/c1-25-16-6-12(20)10-21-17(16)26(19(25)27)14-7-13(8-14)23-18-22-9-11-4-2-3-5-15(11)24-18/h2-6,9-10,13-14H,7-8H2,1H3,(H,22,23,24). The molecule has 4 aromatic rings. The second-order valence-electron chi connectivity index (χ2n) is 6.93. The van der Waals surface area contributed by atoms with Crippen molar-refractivity contribution in [3.8, 4) is 0 Å². The van der Waals surface area contributed by atoms with Crippen molar-refractivity contribution < 1.29 is 4.39 Å². The summed E-state index contributed by atoms with van der Waals surface area (Å²) in [5.74, 6) is 0.138. The molecule has 1 N–H and O–H groups in total. The van der Waals surface area contributed by atoms with Gasteiger partial charge in [-0.15, -0.1) is 0 Å². The topological polar surface area (TPSA) is 77.6 Å². The minimum atomic E-state index is -0.447. The summed E-state index contributed by atoms with van der Waals surface area (Å²) >= 11 is 0. The van der Waals surface area contributed by atoms with Crippen LogP contribution < -0.4 is 11.0 Å². The molecule has 1 aliphatic rings. The monoisotopic (exact) mass is 364 g/mol. The molecular formula is C19H17FN6O. The maximum Gasteiger partial charge on any atom is 0.330 e. The molecule has 3 aromatic heterocycles. The minimum Gasteiger partial charge on any atom is -0.351 e. The highest BCUT2D eigenvalue weighted by atomic mass is 19.1. The summed E-state index contributed by atoms with van der Waals surface area (Å²) in [5, 5.41) is 4.32. The highest BCUT2D eigenvalue weighted by Gasteiger charge is 2.34. The molecule has 1 fully saturated rings. The van der Waals surface area contributed by atoms with Gasteiger partial charge in [-0.05, 0) is 18.9 Å². The lowest BCUT2D eigenvalue weighted by atomic mass is 9.86. The Labute approximate surface area is 153 Å². The van der Waals surface area contributed by atoms with Crippen LogP contribution >= 0.6 is 0 Å². The molecule has 3 heterocycles. The zero-order chi connectivity index (χ0) is 18.5. The zero-order valence-electron chi connectivity index (χ0n) is 14.6. The Bertz CT molecular complexity index is 1220. The number of aryl methyl sites for hydroxylation is 1. The van der Waals surface area contributed by atoms with Crippen LogP contribution in [0.15, 0.2) is 47.5 Å². The Morgan fingerprint density at radius 3 is 2.85 bits per heavy atom. The van der Waals surface area contributed by atoms with Gasteiger partial charge in [0.25, 0.3) is 0 Å². The van der Waals surface area contributed by atoms with Crippen LogP contribution in [0.1, 0.15) is 18.9 Å². The van der Waals surface area contributed by atoms with E-state index in [1.807, 2.05) is 24.3 Å². The van der Waals surface area contributed by atoms with E-state index in [1.165, 1.54) is 10.6 Å². The number of para-hydroxylation sites is 1. The summed E-state index contributed by atoms with van der Waals surface area (Å²) in [7, 11) is 1.64. The fraction of sp³-hybridized carbons (Fsp3) is 0.263. The minimum absolute atomic E-state index is 0.0251. The lowest BCUT2D eigenvalue weighted by molar-refractivity contribution is 0.280. The highest BCUT2D eigenvalue weighted by molar-refractivity contribution is 5.78. The molecule has 27 heavy (non-hydrogen) atoms. The Morgan fingerprint density at radius 1 is 1.19 bits per heavy atom. The number of hydrogen-bond acceptors (Lipinski definition) is 5. The van der Waals surface area contributed by atoms with E-state index in [1.54, 1.807) is 17.8 Å². The van der Waals surface area contributed by atoms with Crippen LogP contribution in [0.25, 0.3) is 22.1 Å². The fourth-order valence-corrected chi connectivity index (χ4v) is 3.68. The number of imidazole rings is 1. The summed E-state index contributed by atoms with van der Waals surface area (Å²) in [6.45, 7) is 0. The molecule has 8 heteroatoms. The first kappa shape index (κ1) is 15.9. The molecule has 0 radical (unpaired) electrons. The highest BCUT2D eigenvalue weighted by Crippen LogP contribution is 2.34. The first-order valence-corrected chi connectivity index (χ1v) is 8.81. The molecule has 0 unspecified atom stereocenters. The van der Waals surface area contributed by atoms with E-state index in [0.717, 1.165) is 29.9 Å². The molecule has 0 bridgehead atoms. The number of hydrogen-bond donors (Lipinski definition) is 1. The molecule has 5 rings (SSSR count). The predicted octanol–water partition coefficient (Wildman–Crippen LogP) is 2.63. The van der Waals surface area contributed by atoms with E-state index in [-0.39, 0.29) is 17.8 Å². The summed E-state index contributed by atoms with van der Waals surface area (Å²) in [6.07, 6.45) is 4.46. The summed E-state index contributed by atoms with van der Waals surface area (Å²) < 4.78 is 16.6. The lowest BCUT2D eigenvalue weighted by Crippen LogP contribution is -2.41. The third kappa shape index (κ3) is 2.56. The van der Waals surface area contributed by atoms with Crippen molar-refractivity contribution in [2.75, 3.05) is 5.32 Å². The van der Waals surface area contributed by atoms with E-state index < -0.39 is 5.82 Å². The molecule has 1 saturated carbocycles. The first-order valence-electron chi connectivity index (χ1n) is 8.81. The molecule has 1 aromatic carbocycles. The quantitative estimate of drug-likeness (QED) is 0.605. The SMILES string of the molecule is Cn1c(=O)n(C2CC(Nc3ncc4ccccc4n3)C2)c2ncc(F)cc21. The maximum atomic E-state index is 13.5. The van der Waals surface area contributed by atoms with Crippen LogP contribution in [0.3, 0.4) is 0 Å². The van der Waals surface area contributed by atoms with Crippen LogP contribution in [0.2, 0.25) is 0 Å². The first-order chi connectivity index (χ1) is 13.1. The van der Waals surface area contributed by atoms with Gasteiger partial charge < -0.3 is 5.32 Å². The largest absolute Gasteiger partial charge is 0.351 e. The molecule has 0 atom stereocenters. The van der Waals surface area contributed by atoms with Gasteiger partial charge in [0.05, 0.1) is 17.2 Å². The van der Waals surface area contributed by atoms with Gasteiger partial charge in [-0.2, -0.15) is 0 Å². The number of aromatic nitrogens is 5. The Hall–Kier alpha value is -3.29. The van der Waals surface area contributed by atoms with Crippen LogP contribution in [0, 0.1) is 5.82 Å². The Morgan fingerprint density at radius 2 is 2.00 bits per heavy atom. The van der Waals surface area contributed by atoms with Gasteiger partial charge in [-0.1, -0.05) is 18.2 Å². The second kappa shape index (κ2) is 5.87. The summed E-state index contributed by atoms with van der Waals surface area (Å²) in [4.78, 5) is 25.6. The second-order valence-corrected chi connectivity index (χ2v) is 6.93. The molecule has 0 aliphatic heterocycles. The van der Waals surface area contributed by atoms with Crippen molar-refractivity contribution >= 4 is 28.0 Å². The van der Waals surface area contributed by atoms with Crippen LogP contribution in [0.4, 0.5) is 10.3 Å². The maximum absolute atomic E-state index is 13.5. The third-order valence-electron chi connectivity index (χ3n) is 5.20. The lowest BCUT2D eigenvalue weighted by Gasteiger charge is -2.36. The number of nitrogens with zero attached hydrogens (tertiary/aromatic N) is 5. The average Bonchev–Trinajstić information content (AvgIpc) is 2.88. The third-order valence-corrected chi connectivity index (χ3v) is 5.20. The van der Waals surface area contributed by atoms with E-state index in [0.29, 0.717) is 17.1 Å². The van der Waals surface area contributed by atoms with Gasteiger partial charge in [0.1, 0.15) is 5.82 Å². The summed E-state index contributed by atoms with van der Waals surface area (Å²) in [6, 6.07) is 9.37. The van der Waals surface area contributed by atoms with Crippen molar-refractivity contribution in [3.63, 3.8) is 0 Å².